The monoisotopic (exact) mass is 280 g/mol. The molecule has 0 aromatic heterocycles. The highest BCUT2D eigenvalue weighted by Crippen LogP contribution is 2.08. The molecule has 0 rings (SSSR count). The smallest absolute Gasteiger partial charge is 0.318 e. The number of hydrogen-bond donors (Lipinski definition) is 1. The Labute approximate surface area is 125 Å². The van der Waals surface area contributed by atoms with E-state index in [1.165, 1.54) is 11.1 Å². The first-order valence-electron chi connectivity index (χ1n) is 7.60. The van der Waals surface area contributed by atoms with Crippen LogP contribution in [0.2, 0.25) is 0 Å². The summed E-state index contributed by atoms with van der Waals surface area (Å²) >= 11 is 0. The van der Waals surface area contributed by atoms with Crippen molar-refractivity contribution in [2.45, 2.75) is 73.4 Å². The Bertz CT molecular complexity index is 350. The van der Waals surface area contributed by atoms with Crippen molar-refractivity contribution in [3.05, 3.63) is 23.3 Å². The minimum atomic E-state index is 0.0170. The van der Waals surface area contributed by atoms with Crippen molar-refractivity contribution in [2.75, 3.05) is 6.54 Å². The zero-order valence-corrected chi connectivity index (χ0v) is 14.3. The summed E-state index contributed by atoms with van der Waals surface area (Å²) in [6, 6.07) is 0.394. The summed E-state index contributed by atoms with van der Waals surface area (Å²) < 4.78 is 0. The molecule has 0 atom stereocenters. The van der Waals surface area contributed by atoms with Crippen LogP contribution in [0.4, 0.5) is 4.79 Å². The van der Waals surface area contributed by atoms with Gasteiger partial charge in [0.2, 0.25) is 0 Å². The maximum absolute atomic E-state index is 12.1. The number of amides is 2. The van der Waals surface area contributed by atoms with Crippen molar-refractivity contribution in [2.24, 2.45) is 0 Å². The summed E-state index contributed by atoms with van der Waals surface area (Å²) in [5.74, 6) is 0. The second-order valence-corrected chi connectivity index (χ2v) is 6.22. The van der Waals surface area contributed by atoms with Crippen LogP contribution in [0.3, 0.4) is 0 Å². The van der Waals surface area contributed by atoms with Crippen molar-refractivity contribution in [3.63, 3.8) is 0 Å². The number of carbonyl (C=O) groups excluding carboxylic acids is 1. The van der Waals surface area contributed by atoms with Crippen LogP contribution < -0.4 is 5.32 Å². The number of allylic oxidation sites excluding steroid dienone is 3. The number of nitrogens with zero attached hydrogens (tertiary/aromatic N) is 1. The van der Waals surface area contributed by atoms with E-state index >= 15 is 0 Å². The first-order valence-corrected chi connectivity index (χ1v) is 7.60. The molecule has 0 saturated carbocycles. The minimum Gasteiger partial charge on any atom is -0.336 e. The largest absolute Gasteiger partial charge is 0.336 e. The lowest BCUT2D eigenvalue weighted by molar-refractivity contribution is 0.187. The predicted octanol–water partition coefficient (Wildman–Crippen LogP) is 4.51. The van der Waals surface area contributed by atoms with E-state index in [1.54, 1.807) is 0 Å². The minimum absolute atomic E-state index is 0.0170. The molecule has 0 aliphatic heterocycles. The molecule has 0 fully saturated rings. The lowest BCUT2D eigenvalue weighted by Crippen LogP contribution is -2.46. The van der Waals surface area contributed by atoms with E-state index in [0.717, 1.165) is 12.8 Å². The number of rotatable bonds is 7. The fourth-order valence-electron chi connectivity index (χ4n) is 1.80. The van der Waals surface area contributed by atoms with Gasteiger partial charge in [-0.1, -0.05) is 23.3 Å². The van der Waals surface area contributed by atoms with Crippen LogP contribution in [0.1, 0.15) is 61.3 Å². The van der Waals surface area contributed by atoms with E-state index in [9.17, 15) is 4.79 Å². The van der Waals surface area contributed by atoms with Crippen molar-refractivity contribution < 1.29 is 4.79 Å². The molecule has 0 aliphatic rings. The average Bonchev–Trinajstić information content (AvgIpc) is 2.26. The third-order valence-corrected chi connectivity index (χ3v) is 3.02. The molecule has 3 heteroatoms. The van der Waals surface area contributed by atoms with Gasteiger partial charge in [-0.05, 0) is 61.3 Å². The van der Waals surface area contributed by atoms with Gasteiger partial charge in [0, 0.05) is 18.6 Å². The summed E-state index contributed by atoms with van der Waals surface area (Å²) in [5, 5.41) is 2.95. The summed E-state index contributed by atoms with van der Waals surface area (Å²) in [4.78, 5) is 14.0. The van der Waals surface area contributed by atoms with Gasteiger partial charge in [-0.15, -0.1) is 0 Å². The van der Waals surface area contributed by atoms with Gasteiger partial charge in [0.25, 0.3) is 0 Å². The Balaban J connectivity index is 4.45. The van der Waals surface area contributed by atoms with E-state index in [4.69, 9.17) is 0 Å². The molecular weight excluding hydrogens is 248 g/mol. The maximum Gasteiger partial charge on any atom is 0.318 e. The summed E-state index contributed by atoms with van der Waals surface area (Å²) in [6.07, 6.45) is 6.55. The molecule has 0 spiro atoms. The van der Waals surface area contributed by atoms with Gasteiger partial charge in [0.1, 0.15) is 0 Å². The Kier molecular flexibility index (Phi) is 9.02. The quantitative estimate of drug-likeness (QED) is 0.684. The zero-order valence-electron chi connectivity index (χ0n) is 14.3. The average molecular weight is 280 g/mol. The van der Waals surface area contributed by atoms with Crippen LogP contribution in [0.5, 0.6) is 0 Å². The molecule has 0 saturated heterocycles. The lowest BCUT2D eigenvalue weighted by Gasteiger charge is -2.27. The molecule has 0 unspecified atom stereocenters. The topological polar surface area (TPSA) is 32.3 Å². The summed E-state index contributed by atoms with van der Waals surface area (Å²) in [7, 11) is 0. The van der Waals surface area contributed by atoms with Gasteiger partial charge >= 0.3 is 6.03 Å². The van der Waals surface area contributed by atoms with Gasteiger partial charge in [0.15, 0.2) is 0 Å². The Morgan fingerprint density at radius 2 is 1.70 bits per heavy atom. The molecule has 2 amide bonds. The Morgan fingerprint density at radius 1 is 1.10 bits per heavy atom. The highest BCUT2D eigenvalue weighted by atomic mass is 16.2. The highest BCUT2D eigenvalue weighted by molar-refractivity contribution is 5.74. The lowest BCUT2D eigenvalue weighted by atomic mass is 10.1. The second-order valence-electron chi connectivity index (χ2n) is 6.22. The van der Waals surface area contributed by atoms with Crippen molar-refractivity contribution in [1.82, 2.24) is 10.2 Å². The van der Waals surface area contributed by atoms with E-state index in [2.05, 4.69) is 38.2 Å². The van der Waals surface area contributed by atoms with E-state index < -0.39 is 0 Å². The molecule has 0 aromatic carbocycles. The van der Waals surface area contributed by atoms with Crippen LogP contribution in [-0.4, -0.2) is 29.6 Å². The molecule has 0 heterocycles. The van der Waals surface area contributed by atoms with Gasteiger partial charge in [-0.25, -0.2) is 4.79 Å². The van der Waals surface area contributed by atoms with Crippen LogP contribution in [-0.2, 0) is 0 Å². The Morgan fingerprint density at radius 3 is 2.15 bits per heavy atom. The van der Waals surface area contributed by atoms with Crippen LogP contribution in [0.25, 0.3) is 0 Å². The molecule has 1 N–H and O–H groups in total. The fourth-order valence-corrected chi connectivity index (χ4v) is 1.80. The van der Waals surface area contributed by atoms with Crippen LogP contribution in [0, 0.1) is 0 Å². The molecule has 0 radical (unpaired) electrons. The van der Waals surface area contributed by atoms with Crippen molar-refractivity contribution in [1.29, 1.82) is 0 Å². The number of nitrogens with one attached hydrogen (secondary N) is 1. The summed E-state index contributed by atoms with van der Waals surface area (Å²) in [5.41, 5.74) is 2.70. The van der Waals surface area contributed by atoms with Crippen LogP contribution >= 0.6 is 0 Å². The van der Waals surface area contributed by atoms with Gasteiger partial charge in [-0.3, -0.25) is 0 Å². The van der Waals surface area contributed by atoms with Crippen molar-refractivity contribution in [3.8, 4) is 0 Å². The highest BCUT2D eigenvalue weighted by Gasteiger charge is 2.15. The standard InChI is InChI=1S/C17H32N2O/c1-13(2)9-8-10-16(7)11-12-19(15(5)6)17(20)18-14(3)4/h9,11,14-15H,8,10,12H2,1-7H3,(H,18,20). The molecule has 3 nitrogen and oxygen atoms in total. The second kappa shape index (κ2) is 9.62. The predicted molar refractivity (Wildman–Crippen MR) is 87.9 cm³/mol. The van der Waals surface area contributed by atoms with Gasteiger partial charge in [0.05, 0.1) is 0 Å². The Hall–Kier alpha value is -1.25. The number of carbonyl (C=O) groups is 1. The normalized spacial score (nSPS) is 11.8. The summed E-state index contributed by atoms with van der Waals surface area (Å²) in [6.45, 7) is 15.1. The third-order valence-electron chi connectivity index (χ3n) is 3.02. The number of urea groups is 1. The van der Waals surface area contributed by atoms with Gasteiger partial charge < -0.3 is 10.2 Å². The SMILES string of the molecule is CC(C)=CCCC(C)=CCN(C(=O)NC(C)C)C(C)C. The maximum atomic E-state index is 12.1. The van der Waals surface area contributed by atoms with E-state index in [-0.39, 0.29) is 18.1 Å². The van der Waals surface area contributed by atoms with Crippen LogP contribution in [0.15, 0.2) is 23.3 Å². The fraction of sp³-hybridized carbons (Fsp3) is 0.706. The zero-order chi connectivity index (χ0) is 15.7. The molecule has 20 heavy (non-hydrogen) atoms. The molecule has 0 aliphatic carbocycles. The van der Waals surface area contributed by atoms with Gasteiger partial charge in [-0.2, -0.15) is 0 Å². The molecule has 0 aromatic rings. The van der Waals surface area contributed by atoms with E-state index in [1.807, 2.05) is 32.6 Å². The first-order chi connectivity index (χ1) is 9.23. The molecule has 116 valence electrons. The first kappa shape index (κ1) is 18.8. The third kappa shape index (κ3) is 8.78. The number of hydrogen-bond acceptors (Lipinski definition) is 1. The molecular formula is C17H32N2O. The van der Waals surface area contributed by atoms with Crippen molar-refractivity contribution >= 4 is 6.03 Å². The molecule has 0 bridgehead atoms. The van der Waals surface area contributed by atoms with E-state index in [0.29, 0.717) is 6.54 Å².